The van der Waals surface area contributed by atoms with Crippen LogP contribution in [-0.4, -0.2) is 3.21 Å². The molecule has 47 heavy (non-hydrogen) atoms. The molecule has 2 aliphatic rings. The normalized spacial score (nSPS) is 15.6. The third-order valence-corrected chi connectivity index (χ3v) is 8.53. The van der Waals surface area contributed by atoms with Crippen LogP contribution in [0.1, 0.15) is 171 Å². The summed E-state index contributed by atoms with van der Waals surface area (Å²) < 4.78 is 1.51. The molecule has 0 bridgehead atoms. The molecule has 1 unspecified atom stereocenters. The predicted octanol–water partition coefficient (Wildman–Crippen LogP) is 13.6. The molecule has 4 rings (SSSR count). The molecule has 0 nitrogen and oxygen atoms in total. The Hall–Kier alpha value is -0.747. The van der Waals surface area contributed by atoms with Crippen LogP contribution in [0.2, 0.25) is 0 Å². The van der Waals surface area contributed by atoms with Crippen molar-refractivity contribution >= 4 is 28.0 Å². The number of hydrogen-bond acceptors (Lipinski definition) is 0. The molecule has 0 spiro atoms. The first-order chi connectivity index (χ1) is 20.2. The monoisotopic (exact) mass is 756 g/mol. The van der Waals surface area contributed by atoms with Crippen molar-refractivity contribution in [3.8, 4) is 11.1 Å². The van der Waals surface area contributed by atoms with Crippen LogP contribution in [0.4, 0.5) is 0 Å². The number of rotatable bonds is 2. The van der Waals surface area contributed by atoms with Crippen molar-refractivity contribution in [3.63, 3.8) is 0 Å². The van der Waals surface area contributed by atoms with Crippen molar-refractivity contribution in [2.75, 3.05) is 0 Å². The van der Waals surface area contributed by atoms with Crippen LogP contribution >= 0.6 is 24.8 Å². The number of allylic oxidation sites excluding steroid dienone is 4. The molecule has 262 valence electrons. The first-order valence-electron chi connectivity index (χ1n) is 17.3. The average molecular weight is 759 g/mol. The molecule has 3 heteroatoms. The molecule has 0 aromatic heterocycles. The van der Waals surface area contributed by atoms with Gasteiger partial charge in [-0.2, -0.15) is 29.3 Å². The SMILES string of the molecule is CC(C)(C)c1[c-]c2c(cc1C(C)(C)C)-c1cc(C(C)(C)C)c(C(C)(C)C)cc1C2.CCCC1[C-]=CC(C(C)(C)C)=C1.C[C](C)=[Zr+2].Cl.Cl. The summed E-state index contributed by atoms with van der Waals surface area (Å²) in [4.78, 5) is 0. The van der Waals surface area contributed by atoms with Crippen molar-refractivity contribution in [3.05, 3.63) is 81.4 Å². The molecule has 1 atom stereocenters. The zero-order chi connectivity index (χ0) is 34.9. The van der Waals surface area contributed by atoms with Gasteiger partial charge in [-0.3, -0.25) is 6.08 Å². The van der Waals surface area contributed by atoms with E-state index in [4.69, 9.17) is 0 Å². The van der Waals surface area contributed by atoms with E-state index in [9.17, 15) is 0 Å². The van der Waals surface area contributed by atoms with Crippen LogP contribution in [0.15, 0.2) is 35.9 Å². The van der Waals surface area contributed by atoms with E-state index in [2.05, 4.69) is 167 Å². The second kappa shape index (κ2) is 17.0. The first-order valence-corrected chi connectivity index (χ1v) is 18.5. The molecular weight excluding hydrogens is 691 g/mol. The van der Waals surface area contributed by atoms with Gasteiger partial charge in [0.2, 0.25) is 0 Å². The van der Waals surface area contributed by atoms with Crippen LogP contribution in [0.3, 0.4) is 0 Å². The van der Waals surface area contributed by atoms with Gasteiger partial charge in [-0.05, 0) is 39.4 Å². The minimum atomic E-state index is 0. The van der Waals surface area contributed by atoms with E-state index in [0.717, 1.165) is 6.42 Å². The number of halogens is 2. The molecule has 2 aliphatic carbocycles. The molecule has 2 aromatic carbocycles. The van der Waals surface area contributed by atoms with Gasteiger partial charge in [0.05, 0.1) is 0 Å². The minimum absolute atomic E-state index is 0. The molecule has 0 amide bonds. The molecule has 0 aliphatic heterocycles. The van der Waals surface area contributed by atoms with Crippen LogP contribution < -0.4 is 0 Å². The zero-order valence-corrected chi connectivity index (χ0v) is 37.5. The Kier molecular flexibility index (Phi) is 16.7. The fraction of sp³-hybridized carbons (Fsp3) is 0.614. The molecule has 0 radical (unpaired) electrons. The Balaban J connectivity index is 0.000000982. The largest absolute Gasteiger partial charge is 0.147 e. The fourth-order valence-electron chi connectivity index (χ4n) is 6.08. The summed E-state index contributed by atoms with van der Waals surface area (Å²) >= 11 is 1.55. The van der Waals surface area contributed by atoms with Crippen LogP contribution in [0.5, 0.6) is 0 Å². The van der Waals surface area contributed by atoms with E-state index in [1.165, 1.54) is 66.1 Å². The second-order valence-electron chi connectivity index (χ2n) is 18.8. The smallest absolute Gasteiger partial charge is 0.147 e. The molecule has 0 saturated heterocycles. The Morgan fingerprint density at radius 1 is 0.681 bits per heavy atom. The quantitative estimate of drug-likeness (QED) is 0.228. The average Bonchev–Trinajstić information content (AvgIpc) is 3.44. The van der Waals surface area contributed by atoms with Gasteiger partial charge in [0.15, 0.2) is 0 Å². The maximum atomic E-state index is 3.90. The van der Waals surface area contributed by atoms with Gasteiger partial charge in [-0.1, -0.05) is 158 Å². The number of benzene rings is 2. The van der Waals surface area contributed by atoms with E-state index in [0.29, 0.717) is 11.3 Å². The maximum absolute atomic E-state index is 3.90. The maximum Gasteiger partial charge on any atom is -0.147 e. The summed E-state index contributed by atoms with van der Waals surface area (Å²) in [6.45, 7) is 41.2. The van der Waals surface area contributed by atoms with Crippen molar-refractivity contribution in [2.24, 2.45) is 11.3 Å². The first kappa shape index (κ1) is 46.3. The third-order valence-electron chi connectivity index (χ3n) is 8.53. The van der Waals surface area contributed by atoms with Crippen molar-refractivity contribution in [1.82, 2.24) is 0 Å². The Labute approximate surface area is 319 Å². The van der Waals surface area contributed by atoms with Crippen molar-refractivity contribution < 1.29 is 24.2 Å². The van der Waals surface area contributed by atoms with Gasteiger partial charge >= 0.3 is 41.3 Å². The van der Waals surface area contributed by atoms with Gasteiger partial charge in [-0.15, -0.1) is 41.5 Å². The van der Waals surface area contributed by atoms with E-state index in [-0.39, 0.29) is 46.5 Å². The van der Waals surface area contributed by atoms with Crippen LogP contribution in [-0.2, 0) is 52.3 Å². The fourth-order valence-corrected chi connectivity index (χ4v) is 6.08. The topological polar surface area (TPSA) is 0 Å². The number of hydrogen-bond donors (Lipinski definition) is 0. The van der Waals surface area contributed by atoms with Crippen LogP contribution in [0, 0.1) is 23.5 Å². The van der Waals surface area contributed by atoms with Gasteiger partial charge < -0.3 is 0 Å². The standard InChI is InChI=1S/C29H41.C12H19.C3H6.2ClH.Zr/c1-26(2,3)22-14-18-13-19-15-23(27(4,5)6)25(29(10,11)12)17-21(19)20(18)16-24(22)28(7,8)9;1-5-6-10-7-8-11(9-10)12(2,3)4;1-3-2;;;/h14,16-17H,13H2,1-12H3;8-10H,5-6H2,1-4H3;1-2H3;2*1H;/q2*-1;;;;+2. The van der Waals surface area contributed by atoms with Gasteiger partial charge in [0, 0.05) is 0 Å². The second-order valence-corrected chi connectivity index (χ2v) is 21.2. The Morgan fingerprint density at radius 3 is 1.51 bits per heavy atom. The van der Waals surface area contributed by atoms with Gasteiger partial charge in [-0.25, -0.2) is 6.08 Å². The van der Waals surface area contributed by atoms with E-state index >= 15 is 0 Å². The van der Waals surface area contributed by atoms with Crippen molar-refractivity contribution in [1.29, 1.82) is 0 Å². The Bertz CT molecular complexity index is 1330. The molecular formula is C44H68Cl2Zr. The Morgan fingerprint density at radius 2 is 1.13 bits per heavy atom. The minimum Gasteiger partial charge on any atom is -0.147 e. The van der Waals surface area contributed by atoms with Gasteiger partial charge in [0.25, 0.3) is 0 Å². The van der Waals surface area contributed by atoms with Crippen LogP contribution in [0.25, 0.3) is 11.1 Å². The number of fused-ring (bicyclic) bond motifs is 3. The summed E-state index contributed by atoms with van der Waals surface area (Å²) in [6, 6.07) is 11.4. The van der Waals surface area contributed by atoms with Gasteiger partial charge in [0.1, 0.15) is 0 Å². The van der Waals surface area contributed by atoms with Crippen molar-refractivity contribution in [2.45, 2.75) is 166 Å². The molecule has 0 heterocycles. The van der Waals surface area contributed by atoms with E-state index in [1.807, 2.05) is 0 Å². The zero-order valence-electron chi connectivity index (χ0n) is 33.4. The molecule has 0 N–H and O–H groups in total. The van der Waals surface area contributed by atoms with E-state index < -0.39 is 0 Å². The molecule has 0 saturated carbocycles. The molecule has 0 fully saturated rings. The third kappa shape index (κ3) is 12.8. The van der Waals surface area contributed by atoms with E-state index in [1.54, 1.807) is 24.2 Å². The molecule has 2 aromatic rings. The summed E-state index contributed by atoms with van der Waals surface area (Å²) in [5.41, 5.74) is 13.7. The summed E-state index contributed by atoms with van der Waals surface area (Å²) in [5.74, 6) is 0.587. The summed E-state index contributed by atoms with van der Waals surface area (Å²) in [6.07, 6.45) is 11.4. The summed E-state index contributed by atoms with van der Waals surface area (Å²) in [7, 11) is 0. The summed E-state index contributed by atoms with van der Waals surface area (Å²) in [5, 5.41) is 0. The predicted molar refractivity (Wildman–Crippen MR) is 213 cm³/mol.